The molecule has 2 N–H and O–H groups in total. The van der Waals surface area contributed by atoms with Gasteiger partial charge in [0.2, 0.25) is 0 Å². The molecule has 0 aliphatic rings. The fourth-order valence-electron chi connectivity index (χ4n) is 1.84. The van der Waals surface area contributed by atoms with E-state index < -0.39 is 0 Å². The number of carbonyl (C=O) groups is 1. The fourth-order valence-corrected chi connectivity index (χ4v) is 1.84. The van der Waals surface area contributed by atoms with Crippen molar-refractivity contribution in [2.75, 3.05) is 6.54 Å². The van der Waals surface area contributed by atoms with Crippen molar-refractivity contribution in [1.82, 2.24) is 10.3 Å². The molecule has 96 valence electrons. The van der Waals surface area contributed by atoms with Crippen LogP contribution >= 0.6 is 0 Å². The van der Waals surface area contributed by atoms with E-state index in [4.69, 9.17) is 0 Å². The highest BCUT2D eigenvalue weighted by Crippen LogP contribution is 2.17. The smallest absolute Gasteiger partial charge is 0.253 e. The molecule has 18 heavy (non-hydrogen) atoms. The number of carbonyl (C=O) groups excluding carboxylic acids is 1. The lowest BCUT2D eigenvalue weighted by molar-refractivity contribution is 0.0946. The van der Waals surface area contributed by atoms with E-state index in [2.05, 4.69) is 31.1 Å². The summed E-state index contributed by atoms with van der Waals surface area (Å²) in [6.45, 7) is 7.21. The molecule has 0 saturated heterocycles. The van der Waals surface area contributed by atoms with Crippen LogP contribution in [0.5, 0.6) is 0 Å². The summed E-state index contributed by atoms with van der Waals surface area (Å²) in [6, 6.07) is 7.85. The van der Waals surface area contributed by atoms with Gasteiger partial charge in [-0.2, -0.15) is 0 Å². The van der Waals surface area contributed by atoms with E-state index in [1.54, 1.807) is 6.20 Å². The molecular weight excluding hydrogens is 224 g/mol. The minimum absolute atomic E-state index is 0.0000463. The van der Waals surface area contributed by atoms with Gasteiger partial charge in [-0.25, -0.2) is 0 Å². The highest BCUT2D eigenvalue weighted by atomic mass is 16.1. The minimum atomic E-state index is -0.0000463. The van der Waals surface area contributed by atoms with Gasteiger partial charge in [0.25, 0.3) is 5.91 Å². The molecule has 0 saturated carbocycles. The second-order valence-corrected chi connectivity index (χ2v) is 5.18. The van der Waals surface area contributed by atoms with Gasteiger partial charge in [-0.1, -0.05) is 39.0 Å². The summed E-state index contributed by atoms with van der Waals surface area (Å²) in [5.41, 5.74) is 1.72. The molecule has 3 heteroatoms. The summed E-state index contributed by atoms with van der Waals surface area (Å²) in [7, 11) is 0. The lowest BCUT2D eigenvalue weighted by atomic mass is 9.98. The molecule has 2 rings (SSSR count). The van der Waals surface area contributed by atoms with E-state index in [0.29, 0.717) is 11.8 Å². The van der Waals surface area contributed by atoms with Gasteiger partial charge < -0.3 is 10.3 Å². The van der Waals surface area contributed by atoms with Crippen molar-refractivity contribution < 1.29 is 4.79 Å². The quantitative estimate of drug-likeness (QED) is 0.852. The maximum absolute atomic E-state index is 12.1. The summed E-state index contributed by atoms with van der Waals surface area (Å²) in [4.78, 5) is 15.2. The Morgan fingerprint density at radius 3 is 2.72 bits per heavy atom. The predicted octanol–water partition coefficient (Wildman–Crippen LogP) is 3.19. The third kappa shape index (κ3) is 2.55. The molecule has 1 amide bonds. The van der Waals surface area contributed by atoms with Crippen molar-refractivity contribution in [3.8, 4) is 0 Å². The molecule has 0 fully saturated rings. The van der Waals surface area contributed by atoms with Gasteiger partial charge in [0.1, 0.15) is 0 Å². The number of fused-ring (bicyclic) bond motifs is 1. The van der Waals surface area contributed by atoms with Gasteiger partial charge in [0.05, 0.1) is 5.56 Å². The number of nitrogens with one attached hydrogen (secondary N) is 2. The van der Waals surface area contributed by atoms with E-state index in [1.165, 1.54) is 0 Å². The topological polar surface area (TPSA) is 44.9 Å². The van der Waals surface area contributed by atoms with Crippen molar-refractivity contribution in [2.24, 2.45) is 11.8 Å². The fraction of sp³-hybridized carbons (Fsp3) is 0.400. The normalized spacial score (nSPS) is 12.9. The van der Waals surface area contributed by atoms with Crippen LogP contribution in [-0.2, 0) is 0 Å². The third-order valence-electron chi connectivity index (χ3n) is 3.56. The van der Waals surface area contributed by atoms with Crippen LogP contribution in [0.3, 0.4) is 0 Å². The van der Waals surface area contributed by atoms with Crippen LogP contribution in [0.4, 0.5) is 0 Å². The van der Waals surface area contributed by atoms with Gasteiger partial charge in [-0.3, -0.25) is 4.79 Å². The van der Waals surface area contributed by atoms with Crippen LogP contribution in [0.2, 0.25) is 0 Å². The van der Waals surface area contributed by atoms with Gasteiger partial charge in [-0.05, 0) is 17.9 Å². The molecule has 1 aromatic heterocycles. The van der Waals surface area contributed by atoms with Gasteiger partial charge in [0.15, 0.2) is 0 Å². The second-order valence-electron chi connectivity index (χ2n) is 5.18. The van der Waals surface area contributed by atoms with Crippen molar-refractivity contribution in [3.05, 3.63) is 36.0 Å². The Morgan fingerprint density at radius 1 is 1.28 bits per heavy atom. The zero-order chi connectivity index (χ0) is 13.1. The first-order valence-electron chi connectivity index (χ1n) is 6.44. The Labute approximate surface area is 108 Å². The maximum atomic E-state index is 12.1. The first kappa shape index (κ1) is 12.7. The van der Waals surface area contributed by atoms with Crippen molar-refractivity contribution >= 4 is 16.8 Å². The molecule has 3 nitrogen and oxygen atoms in total. The number of hydrogen-bond donors (Lipinski definition) is 2. The highest BCUT2D eigenvalue weighted by Gasteiger charge is 2.13. The zero-order valence-corrected chi connectivity index (χ0v) is 11.2. The second kappa shape index (κ2) is 5.25. The van der Waals surface area contributed by atoms with Crippen LogP contribution in [0.25, 0.3) is 10.9 Å². The van der Waals surface area contributed by atoms with E-state index in [1.807, 2.05) is 24.3 Å². The van der Waals surface area contributed by atoms with Crippen LogP contribution in [0.1, 0.15) is 31.1 Å². The predicted molar refractivity (Wildman–Crippen MR) is 74.6 cm³/mol. The van der Waals surface area contributed by atoms with Crippen LogP contribution in [0, 0.1) is 11.8 Å². The number of aromatic amines is 1. The monoisotopic (exact) mass is 244 g/mol. The Balaban J connectivity index is 2.10. The Kier molecular flexibility index (Phi) is 3.70. The number of H-pyrrole nitrogens is 1. The lowest BCUT2D eigenvalue weighted by Crippen LogP contribution is -2.29. The van der Waals surface area contributed by atoms with Crippen molar-refractivity contribution in [3.63, 3.8) is 0 Å². The number of benzene rings is 1. The van der Waals surface area contributed by atoms with Gasteiger partial charge >= 0.3 is 0 Å². The number of hydrogen-bond acceptors (Lipinski definition) is 1. The molecule has 0 spiro atoms. The molecule has 0 radical (unpaired) electrons. The molecule has 1 unspecified atom stereocenters. The SMILES string of the molecule is CC(C)C(C)CNC(=O)c1c[nH]c2ccccc12. The van der Waals surface area contributed by atoms with Crippen LogP contribution < -0.4 is 5.32 Å². The first-order chi connectivity index (χ1) is 8.59. The highest BCUT2D eigenvalue weighted by molar-refractivity contribution is 6.06. The average Bonchev–Trinajstić information content (AvgIpc) is 2.79. The van der Waals surface area contributed by atoms with E-state index >= 15 is 0 Å². The van der Waals surface area contributed by atoms with Crippen molar-refractivity contribution in [1.29, 1.82) is 0 Å². The molecule has 1 atom stereocenters. The molecule has 1 heterocycles. The Bertz CT molecular complexity index is 542. The summed E-state index contributed by atoms with van der Waals surface area (Å²) in [5, 5.41) is 3.98. The van der Waals surface area contributed by atoms with Gasteiger partial charge in [0, 0.05) is 23.6 Å². The first-order valence-corrected chi connectivity index (χ1v) is 6.44. The molecule has 0 aliphatic heterocycles. The number of amides is 1. The number of rotatable bonds is 4. The summed E-state index contributed by atoms with van der Waals surface area (Å²) < 4.78 is 0. The minimum Gasteiger partial charge on any atom is -0.360 e. The van der Waals surface area contributed by atoms with E-state index in [9.17, 15) is 4.79 Å². The number of para-hydroxylation sites is 1. The van der Waals surface area contributed by atoms with Crippen LogP contribution in [-0.4, -0.2) is 17.4 Å². The molecular formula is C15H20N2O. The zero-order valence-electron chi connectivity index (χ0n) is 11.2. The summed E-state index contributed by atoms with van der Waals surface area (Å²) in [5.74, 6) is 1.06. The summed E-state index contributed by atoms with van der Waals surface area (Å²) >= 11 is 0. The number of aromatic nitrogens is 1. The lowest BCUT2D eigenvalue weighted by Gasteiger charge is -2.15. The Hall–Kier alpha value is -1.77. The maximum Gasteiger partial charge on any atom is 0.253 e. The Morgan fingerprint density at radius 2 is 2.00 bits per heavy atom. The van der Waals surface area contributed by atoms with Crippen LogP contribution in [0.15, 0.2) is 30.5 Å². The largest absolute Gasteiger partial charge is 0.360 e. The molecule has 0 aliphatic carbocycles. The average molecular weight is 244 g/mol. The van der Waals surface area contributed by atoms with Crippen molar-refractivity contribution in [2.45, 2.75) is 20.8 Å². The van der Waals surface area contributed by atoms with Gasteiger partial charge in [-0.15, -0.1) is 0 Å². The summed E-state index contributed by atoms with van der Waals surface area (Å²) in [6.07, 6.45) is 1.78. The molecule has 2 aromatic rings. The third-order valence-corrected chi connectivity index (χ3v) is 3.56. The van der Waals surface area contributed by atoms with E-state index in [-0.39, 0.29) is 5.91 Å². The molecule has 0 bridgehead atoms. The standard InChI is InChI=1S/C15H20N2O/c1-10(2)11(3)8-17-15(18)13-9-16-14-7-5-4-6-12(13)14/h4-7,9-11,16H,8H2,1-3H3,(H,17,18). The molecule has 1 aromatic carbocycles. The van der Waals surface area contributed by atoms with E-state index in [0.717, 1.165) is 23.0 Å².